The molecule has 0 fully saturated rings. The van der Waals surface area contributed by atoms with Gasteiger partial charge in [0.1, 0.15) is 0 Å². The molecule has 0 aliphatic rings. The summed E-state index contributed by atoms with van der Waals surface area (Å²) >= 11 is 7.25. The lowest BCUT2D eigenvalue weighted by molar-refractivity contribution is 0.976. The quantitative estimate of drug-likeness (QED) is 0.814. The molecule has 0 saturated heterocycles. The normalized spacial score (nSPS) is 13.2. The predicted octanol–water partition coefficient (Wildman–Crippen LogP) is 3.89. The van der Waals surface area contributed by atoms with Crippen LogP contribution in [-0.2, 0) is 6.42 Å². The molecule has 1 unspecified atom stereocenters. The predicted molar refractivity (Wildman–Crippen MR) is 76.1 cm³/mol. The van der Waals surface area contributed by atoms with Crippen molar-refractivity contribution in [1.82, 2.24) is 4.98 Å². The SMILES string of the molecule is CC(Br)c1ccc2c(CCN)c[nH]c2c1Br. The van der Waals surface area contributed by atoms with Crippen molar-refractivity contribution in [1.29, 1.82) is 0 Å². The van der Waals surface area contributed by atoms with E-state index in [-0.39, 0.29) is 0 Å². The average molecular weight is 346 g/mol. The Hall–Kier alpha value is -0.320. The Balaban J connectivity index is 2.59. The largest absolute Gasteiger partial charge is 0.360 e. The van der Waals surface area contributed by atoms with Gasteiger partial charge in [-0.2, -0.15) is 0 Å². The maximum absolute atomic E-state index is 5.59. The van der Waals surface area contributed by atoms with E-state index in [0.717, 1.165) is 16.4 Å². The Kier molecular flexibility index (Phi) is 3.72. The van der Waals surface area contributed by atoms with Crippen molar-refractivity contribution in [2.75, 3.05) is 6.54 Å². The first-order chi connectivity index (χ1) is 7.65. The summed E-state index contributed by atoms with van der Waals surface area (Å²) in [5.41, 5.74) is 9.30. The molecule has 1 aromatic carbocycles. The molecule has 0 bridgehead atoms. The number of benzene rings is 1. The van der Waals surface area contributed by atoms with E-state index in [9.17, 15) is 0 Å². The van der Waals surface area contributed by atoms with Crippen LogP contribution in [-0.4, -0.2) is 11.5 Å². The van der Waals surface area contributed by atoms with Crippen LogP contribution in [0.4, 0.5) is 0 Å². The van der Waals surface area contributed by atoms with Gasteiger partial charge in [-0.25, -0.2) is 0 Å². The van der Waals surface area contributed by atoms with E-state index in [2.05, 4.69) is 55.9 Å². The fraction of sp³-hybridized carbons (Fsp3) is 0.333. The third-order valence-electron chi connectivity index (χ3n) is 2.75. The van der Waals surface area contributed by atoms with Crippen LogP contribution in [0.1, 0.15) is 22.9 Å². The Morgan fingerprint density at radius 2 is 2.19 bits per heavy atom. The van der Waals surface area contributed by atoms with E-state index in [0.29, 0.717) is 11.4 Å². The van der Waals surface area contributed by atoms with Crippen LogP contribution in [0.25, 0.3) is 10.9 Å². The third-order valence-corrected chi connectivity index (χ3v) is 4.10. The highest BCUT2D eigenvalue weighted by atomic mass is 79.9. The van der Waals surface area contributed by atoms with Gasteiger partial charge in [0.25, 0.3) is 0 Å². The number of halogens is 2. The Morgan fingerprint density at radius 3 is 2.81 bits per heavy atom. The first kappa shape index (κ1) is 12.1. The van der Waals surface area contributed by atoms with Gasteiger partial charge in [0, 0.05) is 20.9 Å². The van der Waals surface area contributed by atoms with Crippen LogP contribution >= 0.6 is 31.9 Å². The number of aromatic nitrogens is 1. The summed E-state index contributed by atoms with van der Waals surface area (Å²) in [7, 11) is 0. The van der Waals surface area contributed by atoms with Crippen LogP contribution in [0.15, 0.2) is 22.8 Å². The van der Waals surface area contributed by atoms with E-state index in [1.165, 1.54) is 16.5 Å². The van der Waals surface area contributed by atoms with E-state index >= 15 is 0 Å². The number of nitrogens with two attached hydrogens (primary N) is 1. The van der Waals surface area contributed by atoms with Gasteiger partial charge in [-0.1, -0.05) is 28.1 Å². The van der Waals surface area contributed by atoms with Crippen molar-refractivity contribution in [2.45, 2.75) is 18.2 Å². The molecule has 1 atom stereocenters. The van der Waals surface area contributed by atoms with Gasteiger partial charge in [0.2, 0.25) is 0 Å². The fourth-order valence-electron chi connectivity index (χ4n) is 1.91. The van der Waals surface area contributed by atoms with Gasteiger partial charge in [-0.05, 0) is 46.9 Å². The zero-order chi connectivity index (χ0) is 11.7. The van der Waals surface area contributed by atoms with E-state index in [1.54, 1.807) is 0 Å². The molecule has 0 saturated carbocycles. The van der Waals surface area contributed by atoms with Gasteiger partial charge in [0.05, 0.1) is 5.52 Å². The topological polar surface area (TPSA) is 41.8 Å². The Labute approximate surface area is 112 Å². The van der Waals surface area contributed by atoms with Gasteiger partial charge in [0.15, 0.2) is 0 Å². The number of hydrogen-bond donors (Lipinski definition) is 2. The molecule has 1 aromatic heterocycles. The number of nitrogens with one attached hydrogen (secondary N) is 1. The molecule has 16 heavy (non-hydrogen) atoms. The number of aromatic amines is 1. The number of fused-ring (bicyclic) bond motifs is 1. The molecule has 2 nitrogen and oxygen atoms in total. The van der Waals surface area contributed by atoms with Gasteiger partial charge in [-0.3, -0.25) is 0 Å². The van der Waals surface area contributed by atoms with E-state index < -0.39 is 0 Å². The van der Waals surface area contributed by atoms with Crippen molar-refractivity contribution < 1.29 is 0 Å². The first-order valence-corrected chi connectivity index (χ1v) is 6.98. The second kappa shape index (κ2) is 4.90. The molecule has 0 aliphatic heterocycles. The summed E-state index contributed by atoms with van der Waals surface area (Å²) in [6.45, 7) is 2.80. The van der Waals surface area contributed by atoms with Gasteiger partial charge >= 0.3 is 0 Å². The molecule has 2 rings (SSSR count). The van der Waals surface area contributed by atoms with Crippen molar-refractivity contribution in [3.8, 4) is 0 Å². The van der Waals surface area contributed by atoms with Crippen LogP contribution in [0.2, 0.25) is 0 Å². The van der Waals surface area contributed by atoms with E-state index in [4.69, 9.17) is 5.73 Å². The lowest BCUT2D eigenvalue weighted by atomic mass is 10.1. The highest BCUT2D eigenvalue weighted by molar-refractivity contribution is 9.11. The molecule has 0 spiro atoms. The Bertz CT molecular complexity index is 503. The lowest BCUT2D eigenvalue weighted by Gasteiger charge is -2.08. The molecule has 2 aromatic rings. The fourth-order valence-corrected chi connectivity index (χ4v) is 3.40. The van der Waals surface area contributed by atoms with Gasteiger partial charge in [-0.15, -0.1) is 0 Å². The minimum Gasteiger partial charge on any atom is -0.360 e. The van der Waals surface area contributed by atoms with Crippen molar-refractivity contribution >= 4 is 42.8 Å². The summed E-state index contributed by atoms with van der Waals surface area (Å²) < 4.78 is 1.14. The Morgan fingerprint density at radius 1 is 1.44 bits per heavy atom. The van der Waals surface area contributed by atoms with Crippen LogP contribution in [0.3, 0.4) is 0 Å². The van der Waals surface area contributed by atoms with Crippen molar-refractivity contribution in [3.05, 3.63) is 33.9 Å². The number of hydrogen-bond acceptors (Lipinski definition) is 1. The molecule has 3 N–H and O–H groups in total. The summed E-state index contributed by atoms with van der Waals surface area (Å²) in [6, 6.07) is 4.31. The standard InChI is InChI=1S/C12H14Br2N2/c1-7(13)9-2-3-10-8(4-5-15)6-16-12(10)11(9)14/h2-3,6-7,16H,4-5,15H2,1H3. The van der Waals surface area contributed by atoms with Crippen molar-refractivity contribution in [3.63, 3.8) is 0 Å². The molecule has 0 amide bonds. The van der Waals surface area contributed by atoms with Crippen LogP contribution in [0, 0.1) is 0 Å². The molecular formula is C12H14Br2N2. The molecule has 0 aliphatic carbocycles. The average Bonchev–Trinajstić information content (AvgIpc) is 2.63. The summed E-state index contributed by atoms with van der Waals surface area (Å²) in [4.78, 5) is 3.65. The van der Waals surface area contributed by atoms with Crippen LogP contribution < -0.4 is 5.73 Å². The molecule has 0 radical (unpaired) electrons. The zero-order valence-electron chi connectivity index (χ0n) is 9.06. The lowest BCUT2D eigenvalue weighted by Crippen LogP contribution is -2.01. The second-order valence-corrected chi connectivity index (χ2v) is 6.03. The smallest absolute Gasteiger partial charge is 0.0604 e. The molecule has 4 heteroatoms. The number of rotatable bonds is 3. The minimum absolute atomic E-state index is 0.340. The molecular weight excluding hydrogens is 332 g/mol. The summed E-state index contributed by atoms with van der Waals surface area (Å²) in [5, 5.41) is 1.26. The maximum atomic E-state index is 5.59. The minimum atomic E-state index is 0.340. The van der Waals surface area contributed by atoms with Crippen LogP contribution in [0.5, 0.6) is 0 Å². The highest BCUT2D eigenvalue weighted by Crippen LogP contribution is 2.35. The number of alkyl halides is 1. The van der Waals surface area contributed by atoms with Crippen molar-refractivity contribution in [2.24, 2.45) is 5.73 Å². The summed E-state index contributed by atoms with van der Waals surface area (Å²) in [6.07, 6.45) is 2.96. The summed E-state index contributed by atoms with van der Waals surface area (Å²) in [5.74, 6) is 0. The maximum Gasteiger partial charge on any atom is 0.0604 e. The van der Waals surface area contributed by atoms with Gasteiger partial charge < -0.3 is 10.7 Å². The monoisotopic (exact) mass is 344 g/mol. The molecule has 1 heterocycles. The highest BCUT2D eigenvalue weighted by Gasteiger charge is 2.12. The number of H-pyrrole nitrogens is 1. The molecule has 86 valence electrons. The third kappa shape index (κ3) is 2.06. The zero-order valence-corrected chi connectivity index (χ0v) is 12.2. The first-order valence-electron chi connectivity index (χ1n) is 5.27. The second-order valence-electron chi connectivity index (χ2n) is 3.86. The van der Waals surface area contributed by atoms with E-state index in [1.807, 2.05) is 6.20 Å².